The Kier molecular flexibility index (Phi) is 3.96. The van der Waals surface area contributed by atoms with E-state index in [2.05, 4.69) is 29.7 Å². The van der Waals surface area contributed by atoms with Crippen LogP contribution in [0.2, 0.25) is 0 Å². The molecule has 0 radical (unpaired) electrons. The number of nitrogens with two attached hydrogens (primary N) is 1. The monoisotopic (exact) mass is 230 g/mol. The van der Waals surface area contributed by atoms with Crippen LogP contribution in [0.25, 0.3) is 0 Å². The zero-order chi connectivity index (χ0) is 12.1. The highest BCUT2D eigenvalue weighted by atomic mass is 16.3. The summed E-state index contributed by atoms with van der Waals surface area (Å²) in [5.74, 6) is 7.39. The number of furan rings is 1. The first-order valence-electron chi connectivity index (χ1n) is 5.86. The zero-order valence-corrected chi connectivity index (χ0v) is 10.0. The maximum Gasteiger partial charge on any atom is 0.122 e. The minimum absolute atomic E-state index is 0.0731. The molecule has 0 saturated carbocycles. The molecule has 1 atom stereocenters. The molecule has 3 N–H and O–H groups in total. The SMILES string of the molecule is Cc1ccc(C(CCc2ccccc2)NN)o1. The lowest BCUT2D eigenvalue weighted by molar-refractivity contribution is 0.390. The molecule has 0 fully saturated rings. The van der Waals surface area contributed by atoms with Gasteiger partial charge in [0.1, 0.15) is 11.5 Å². The minimum atomic E-state index is 0.0731. The van der Waals surface area contributed by atoms with E-state index in [0.717, 1.165) is 24.4 Å². The largest absolute Gasteiger partial charge is 0.465 e. The van der Waals surface area contributed by atoms with Crippen molar-refractivity contribution >= 4 is 0 Å². The van der Waals surface area contributed by atoms with Crippen LogP contribution in [0, 0.1) is 6.92 Å². The highest BCUT2D eigenvalue weighted by Gasteiger charge is 2.13. The summed E-state index contributed by atoms with van der Waals surface area (Å²) in [6.07, 6.45) is 1.91. The maximum absolute atomic E-state index is 5.58. The lowest BCUT2D eigenvalue weighted by Crippen LogP contribution is -2.28. The van der Waals surface area contributed by atoms with Crippen molar-refractivity contribution in [2.24, 2.45) is 5.84 Å². The summed E-state index contributed by atoms with van der Waals surface area (Å²) in [5.41, 5.74) is 4.12. The van der Waals surface area contributed by atoms with Crippen molar-refractivity contribution < 1.29 is 4.42 Å². The average molecular weight is 230 g/mol. The molecule has 0 saturated heterocycles. The third kappa shape index (κ3) is 3.19. The van der Waals surface area contributed by atoms with E-state index in [-0.39, 0.29) is 6.04 Å². The summed E-state index contributed by atoms with van der Waals surface area (Å²) in [6, 6.07) is 14.4. The third-order valence-electron chi connectivity index (χ3n) is 2.87. The number of aryl methyl sites for hydroxylation is 2. The number of hydrogen-bond acceptors (Lipinski definition) is 3. The van der Waals surface area contributed by atoms with Gasteiger partial charge in [-0.2, -0.15) is 0 Å². The summed E-state index contributed by atoms with van der Waals surface area (Å²) in [5, 5.41) is 0. The predicted octanol–water partition coefficient (Wildman–Crippen LogP) is 2.73. The standard InChI is InChI=1S/C14H18N2O/c1-11-7-10-14(17-11)13(16-15)9-8-12-5-3-2-4-6-12/h2-7,10,13,16H,8-9,15H2,1H3. The van der Waals surface area contributed by atoms with Gasteiger partial charge in [0.05, 0.1) is 6.04 Å². The van der Waals surface area contributed by atoms with Gasteiger partial charge < -0.3 is 4.42 Å². The smallest absolute Gasteiger partial charge is 0.122 e. The molecule has 0 bridgehead atoms. The molecule has 1 unspecified atom stereocenters. The van der Waals surface area contributed by atoms with Gasteiger partial charge in [-0.25, -0.2) is 5.43 Å². The molecule has 2 aromatic rings. The fourth-order valence-electron chi connectivity index (χ4n) is 1.90. The van der Waals surface area contributed by atoms with Crippen molar-refractivity contribution in [2.45, 2.75) is 25.8 Å². The summed E-state index contributed by atoms with van der Waals surface area (Å²) < 4.78 is 5.58. The Morgan fingerprint density at radius 3 is 2.53 bits per heavy atom. The first kappa shape index (κ1) is 11.9. The Labute approximate surface area is 102 Å². The van der Waals surface area contributed by atoms with E-state index in [1.54, 1.807) is 0 Å². The molecule has 2 rings (SSSR count). The average Bonchev–Trinajstić information content (AvgIpc) is 2.78. The van der Waals surface area contributed by atoms with Crippen LogP contribution >= 0.6 is 0 Å². The second-order valence-corrected chi connectivity index (χ2v) is 4.19. The van der Waals surface area contributed by atoms with Crippen molar-refractivity contribution in [1.29, 1.82) is 0 Å². The molecule has 0 amide bonds. The molecule has 17 heavy (non-hydrogen) atoms. The van der Waals surface area contributed by atoms with Gasteiger partial charge in [0, 0.05) is 0 Å². The van der Waals surface area contributed by atoms with Gasteiger partial charge in [-0.1, -0.05) is 30.3 Å². The van der Waals surface area contributed by atoms with Gasteiger partial charge in [-0.15, -0.1) is 0 Å². The second-order valence-electron chi connectivity index (χ2n) is 4.19. The number of nitrogens with one attached hydrogen (secondary N) is 1. The van der Waals surface area contributed by atoms with E-state index in [0.29, 0.717) is 0 Å². The Balaban J connectivity index is 1.97. The zero-order valence-electron chi connectivity index (χ0n) is 10.0. The van der Waals surface area contributed by atoms with Crippen molar-refractivity contribution in [3.63, 3.8) is 0 Å². The summed E-state index contributed by atoms with van der Waals surface area (Å²) in [7, 11) is 0. The molecular formula is C14H18N2O. The topological polar surface area (TPSA) is 51.2 Å². The van der Waals surface area contributed by atoms with Crippen molar-refractivity contribution in [2.75, 3.05) is 0 Å². The molecule has 3 nitrogen and oxygen atoms in total. The van der Waals surface area contributed by atoms with Crippen LogP contribution in [0.15, 0.2) is 46.9 Å². The first-order chi connectivity index (χ1) is 8.29. The maximum atomic E-state index is 5.58. The van der Waals surface area contributed by atoms with Crippen LogP contribution < -0.4 is 11.3 Å². The van der Waals surface area contributed by atoms with Gasteiger partial charge >= 0.3 is 0 Å². The van der Waals surface area contributed by atoms with E-state index in [1.165, 1.54) is 5.56 Å². The van der Waals surface area contributed by atoms with E-state index in [4.69, 9.17) is 10.3 Å². The molecule has 0 aliphatic rings. The fraction of sp³-hybridized carbons (Fsp3) is 0.286. The van der Waals surface area contributed by atoms with Crippen LogP contribution in [0.4, 0.5) is 0 Å². The molecule has 1 aromatic carbocycles. The number of rotatable bonds is 5. The van der Waals surface area contributed by atoms with E-state index in [1.807, 2.05) is 25.1 Å². The van der Waals surface area contributed by atoms with E-state index >= 15 is 0 Å². The summed E-state index contributed by atoms with van der Waals surface area (Å²) >= 11 is 0. The lowest BCUT2D eigenvalue weighted by atomic mass is 10.0. The first-order valence-corrected chi connectivity index (χ1v) is 5.86. The predicted molar refractivity (Wildman–Crippen MR) is 68.3 cm³/mol. The van der Waals surface area contributed by atoms with E-state index < -0.39 is 0 Å². The molecular weight excluding hydrogens is 212 g/mol. The van der Waals surface area contributed by atoms with Crippen LogP contribution in [-0.4, -0.2) is 0 Å². The molecule has 0 spiro atoms. The van der Waals surface area contributed by atoms with Crippen LogP contribution in [0.3, 0.4) is 0 Å². The lowest BCUT2D eigenvalue weighted by Gasteiger charge is -2.13. The van der Waals surface area contributed by atoms with Gasteiger partial charge in [0.15, 0.2) is 0 Å². The molecule has 1 aromatic heterocycles. The molecule has 1 heterocycles. The fourth-order valence-corrected chi connectivity index (χ4v) is 1.90. The quantitative estimate of drug-likeness (QED) is 0.613. The Morgan fingerprint density at radius 1 is 1.18 bits per heavy atom. The Hall–Kier alpha value is -1.58. The van der Waals surface area contributed by atoms with Crippen LogP contribution in [-0.2, 0) is 6.42 Å². The summed E-state index contributed by atoms with van der Waals surface area (Å²) in [6.45, 7) is 1.94. The highest BCUT2D eigenvalue weighted by molar-refractivity contribution is 5.16. The van der Waals surface area contributed by atoms with Gasteiger partial charge in [0.2, 0.25) is 0 Å². The number of hydrogen-bond donors (Lipinski definition) is 2. The molecule has 0 aliphatic heterocycles. The van der Waals surface area contributed by atoms with Crippen LogP contribution in [0.1, 0.15) is 29.5 Å². The molecule has 0 aliphatic carbocycles. The number of benzene rings is 1. The van der Waals surface area contributed by atoms with Crippen molar-refractivity contribution in [3.8, 4) is 0 Å². The van der Waals surface area contributed by atoms with Gasteiger partial charge in [0.25, 0.3) is 0 Å². The molecule has 3 heteroatoms. The van der Waals surface area contributed by atoms with Crippen molar-refractivity contribution in [1.82, 2.24) is 5.43 Å². The second kappa shape index (κ2) is 5.66. The van der Waals surface area contributed by atoms with Crippen LogP contribution in [0.5, 0.6) is 0 Å². The van der Waals surface area contributed by atoms with Gasteiger partial charge in [-0.05, 0) is 37.5 Å². The highest BCUT2D eigenvalue weighted by Crippen LogP contribution is 2.20. The Morgan fingerprint density at radius 2 is 1.94 bits per heavy atom. The van der Waals surface area contributed by atoms with Gasteiger partial charge in [-0.3, -0.25) is 5.84 Å². The normalized spacial score (nSPS) is 12.6. The van der Waals surface area contributed by atoms with E-state index in [9.17, 15) is 0 Å². The third-order valence-corrected chi connectivity index (χ3v) is 2.87. The van der Waals surface area contributed by atoms with Crippen molar-refractivity contribution in [3.05, 3.63) is 59.5 Å². The Bertz CT molecular complexity index is 450. The number of hydrazine groups is 1. The molecule has 90 valence electrons. The summed E-state index contributed by atoms with van der Waals surface area (Å²) in [4.78, 5) is 0. The minimum Gasteiger partial charge on any atom is -0.465 e.